The number of hydrogen-bond acceptors (Lipinski definition) is 5. The van der Waals surface area contributed by atoms with Gasteiger partial charge in [0.15, 0.2) is 0 Å². The topological polar surface area (TPSA) is 90.0 Å². The fraction of sp³-hybridized carbons (Fsp3) is 0.400. The third-order valence-electron chi connectivity index (χ3n) is 3.82. The van der Waals surface area contributed by atoms with Gasteiger partial charge in [-0.1, -0.05) is 6.92 Å². The number of aryl methyl sites for hydroxylation is 2. The van der Waals surface area contributed by atoms with Crippen LogP contribution in [0.5, 0.6) is 0 Å². The Morgan fingerprint density at radius 3 is 2.87 bits per heavy atom. The van der Waals surface area contributed by atoms with Crippen molar-refractivity contribution >= 4 is 17.5 Å². The maximum absolute atomic E-state index is 12.6. The van der Waals surface area contributed by atoms with Gasteiger partial charge in [0.05, 0.1) is 12.2 Å². The number of nitrogens with one attached hydrogen (secondary N) is 1. The summed E-state index contributed by atoms with van der Waals surface area (Å²) in [6.45, 7) is 7.89. The third-order valence-corrected chi connectivity index (χ3v) is 3.82. The highest BCUT2D eigenvalue weighted by Crippen LogP contribution is 2.17. The minimum Gasteiger partial charge on any atom is -0.304 e. The molecule has 3 heterocycles. The predicted molar refractivity (Wildman–Crippen MR) is 85.4 cm³/mol. The van der Waals surface area contributed by atoms with Gasteiger partial charge in [-0.05, 0) is 33.3 Å². The summed E-state index contributed by atoms with van der Waals surface area (Å²) in [6.07, 6.45) is 2.58. The molecule has 0 aliphatic rings. The molecule has 8 heteroatoms. The Kier molecular flexibility index (Phi) is 3.81. The first-order valence-electron chi connectivity index (χ1n) is 7.55. The van der Waals surface area contributed by atoms with Gasteiger partial charge in [0.1, 0.15) is 5.82 Å². The van der Waals surface area contributed by atoms with Crippen LogP contribution in [0.4, 0.5) is 5.82 Å². The summed E-state index contributed by atoms with van der Waals surface area (Å²) in [4.78, 5) is 16.9. The van der Waals surface area contributed by atoms with E-state index in [1.165, 1.54) is 0 Å². The van der Waals surface area contributed by atoms with E-state index in [0.717, 1.165) is 17.8 Å². The molecule has 0 saturated heterocycles. The van der Waals surface area contributed by atoms with E-state index in [9.17, 15) is 4.79 Å². The molecule has 3 aromatic heterocycles. The molecule has 1 N–H and O–H groups in total. The molecule has 0 aromatic carbocycles. The zero-order chi connectivity index (χ0) is 16.6. The second-order valence-corrected chi connectivity index (χ2v) is 5.57. The molecule has 8 nitrogen and oxygen atoms in total. The maximum Gasteiger partial charge on any atom is 0.295 e. The lowest BCUT2D eigenvalue weighted by molar-refractivity contribution is 0.101. The van der Waals surface area contributed by atoms with E-state index in [4.69, 9.17) is 0 Å². The normalized spacial score (nSPS) is 12.5. The van der Waals surface area contributed by atoms with Crippen LogP contribution in [0, 0.1) is 13.8 Å². The fourth-order valence-corrected chi connectivity index (χ4v) is 2.49. The molecule has 3 rings (SSSR count). The van der Waals surface area contributed by atoms with Crippen molar-refractivity contribution in [2.24, 2.45) is 0 Å². The standard InChI is InChI=1S/C15H19N7O/c1-5-10(3)22-12(6-7-16-22)18-14(23)13-19-20-15-17-9(2)8-11(4)21(13)15/h6-8,10H,5H2,1-4H3,(H,18,23)/t10-/m0/s1. The van der Waals surface area contributed by atoms with Gasteiger partial charge in [-0.3, -0.25) is 9.20 Å². The smallest absolute Gasteiger partial charge is 0.295 e. The van der Waals surface area contributed by atoms with Crippen LogP contribution in [0.1, 0.15) is 48.3 Å². The van der Waals surface area contributed by atoms with E-state index in [1.807, 2.05) is 26.8 Å². The van der Waals surface area contributed by atoms with Crippen LogP contribution in [-0.2, 0) is 0 Å². The highest BCUT2D eigenvalue weighted by molar-refractivity contribution is 6.01. The first kappa shape index (κ1) is 15.1. The maximum atomic E-state index is 12.6. The van der Waals surface area contributed by atoms with Crippen LogP contribution in [0.25, 0.3) is 5.78 Å². The van der Waals surface area contributed by atoms with Crippen molar-refractivity contribution < 1.29 is 4.79 Å². The summed E-state index contributed by atoms with van der Waals surface area (Å²) in [5.41, 5.74) is 1.70. The molecule has 0 unspecified atom stereocenters. The van der Waals surface area contributed by atoms with Gasteiger partial charge in [0, 0.05) is 17.5 Å². The summed E-state index contributed by atoms with van der Waals surface area (Å²) in [6, 6.07) is 3.85. The molecule has 0 fully saturated rings. The molecule has 23 heavy (non-hydrogen) atoms. The average Bonchev–Trinajstić information content (AvgIpc) is 3.13. The number of rotatable bonds is 4. The van der Waals surface area contributed by atoms with Crippen molar-refractivity contribution in [3.05, 3.63) is 35.5 Å². The summed E-state index contributed by atoms with van der Waals surface area (Å²) >= 11 is 0. The number of aromatic nitrogens is 6. The van der Waals surface area contributed by atoms with Gasteiger partial charge < -0.3 is 5.32 Å². The monoisotopic (exact) mass is 313 g/mol. The predicted octanol–water partition coefficient (Wildman–Crippen LogP) is 2.16. The van der Waals surface area contributed by atoms with Gasteiger partial charge in [0.2, 0.25) is 5.82 Å². The molecule has 120 valence electrons. The van der Waals surface area contributed by atoms with Crippen molar-refractivity contribution in [1.29, 1.82) is 0 Å². The zero-order valence-corrected chi connectivity index (χ0v) is 13.6. The number of fused-ring (bicyclic) bond motifs is 1. The Balaban J connectivity index is 1.95. The largest absolute Gasteiger partial charge is 0.304 e. The summed E-state index contributed by atoms with van der Waals surface area (Å²) < 4.78 is 3.43. The van der Waals surface area contributed by atoms with Crippen molar-refractivity contribution in [2.75, 3.05) is 5.32 Å². The average molecular weight is 313 g/mol. The molecule has 0 aliphatic carbocycles. The molecule has 0 bridgehead atoms. The lowest BCUT2D eigenvalue weighted by Gasteiger charge is -2.13. The van der Waals surface area contributed by atoms with Gasteiger partial charge in [-0.25, -0.2) is 9.67 Å². The Bertz CT molecular complexity index is 864. The van der Waals surface area contributed by atoms with E-state index in [2.05, 4.69) is 32.5 Å². The molecule has 0 aliphatic heterocycles. The first-order valence-corrected chi connectivity index (χ1v) is 7.55. The van der Waals surface area contributed by atoms with Crippen molar-refractivity contribution in [2.45, 2.75) is 40.2 Å². The van der Waals surface area contributed by atoms with Crippen LogP contribution in [-0.4, -0.2) is 35.3 Å². The minimum atomic E-state index is -0.337. The van der Waals surface area contributed by atoms with E-state index >= 15 is 0 Å². The van der Waals surface area contributed by atoms with Crippen LogP contribution in [0.15, 0.2) is 18.3 Å². The SMILES string of the molecule is CC[C@H](C)n1nccc1NC(=O)c1nnc2nc(C)cc(C)n12. The van der Waals surface area contributed by atoms with Crippen LogP contribution in [0.3, 0.4) is 0 Å². The molecule has 1 atom stereocenters. The Hall–Kier alpha value is -2.77. The third kappa shape index (κ3) is 2.67. The van der Waals surface area contributed by atoms with Gasteiger partial charge >= 0.3 is 0 Å². The van der Waals surface area contributed by atoms with Crippen LogP contribution < -0.4 is 5.32 Å². The second-order valence-electron chi connectivity index (χ2n) is 5.57. The Morgan fingerprint density at radius 2 is 2.13 bits per heavy atom. The highest BCUT2D eigenvalue weighted by Gasteiger charge is 2.19. The molecule has 3 aromatic rings. The highest BCUT2D eigenvalue weighted by atomic mass is 16.2. The molecule has 0 spiro atoms. The summed E-state index contributed by atoms with van der Waals surface area (Å²) in [5, 5.41) is 15.1. The number of hydrogen-bond donors (Lipinski definition) is 1. The van der Waals surface area contributed by atoms with Crippen LogP contribution in [0.2, 0.25) is 0 Å². The molecular weight excluding hydrogens is 294 g/mol. The quantitative estimate of drug-likeness (QED) is 0.797. The number of carbonyl (C=O) groups excluding carboxylic acids is 1. The van der Waals surface area contributed by atoms with Gasteiger partial charge in [-0.15, -0.1) is 10.2 Å². The molecule has 0 radical (unpaired) electrons. The lowest BCUT2D eigenvalue weighted by atomic mass is 10.3. The Morgan fingerprint density at radius 1 is 1.35 bits per heavy atom. The molecule has 0 saturated carbocycles. The van der Waals surface area contributed by atoms with E-state index in [0.29, 0.717) is 11.6 Å². The number of carbonyl (C=O) groups is 1. The van der Waals surface area contributed by atoms with E-state index in [1.54, 1.807) is 21.3 Å². The van der Waals surface area contributed by atoms with E-state index < -0.39 is 0 Å². The van der Waals surface area contributed by atoms with Crippen molar-refractivity contribution in [3.63, 3.8) is 0 Å². The Labute approximate surface area is 133 Å². The number of anilines is 1. The lowest BCUT2D eigenvalue weighted by Crippen LogP contribution is -2.20. The van der Waals surface area contributed by atoms with Crippen molar-refractivity contribution in [3.8, 4) is 0 Å². The van der Waals surface area contributed by atoms with Crippen molar-refractivity contribution in [1.82, 2.24) is 29.4 Å². The number of nitrogens with zero attached hydrogens (tertiary/aromatic N) is 6. The second kappa shape index (κ2) is 5.79. The van der Waals surface area contributed by atoms with Gasteiger partial charge in [0.25, 0.3) is 11.7 Å². The van der Waals surface area contributed by atoms with Gasteiger partial charge in [-0.2, -0.15) is 5.10 Å². The summed E-state index contributed by atoms with van der Waals surface area (Å²) in [5.74, 6) is 0.931. The first-order chi connectivity index (χ1) is 11.0. The zero-order valence-electron chi connectivity index (χ0n) is 13.6. The van der Waals surface area contributed by atoms with Crippen LogP contribution >= 0.6 is 0 Å². The minimum absolute atomic E-state index is 0.196. The fourth-order valence-electron chi connectivity index (χ4n) is 2.49. The summed E-state index contributed by atoms with van der Waals surface area (Å²) in [7, 11) is 0. The molecular formula is C15H19N7O. The van der Waals surface area contributed by atoms with E-state index in [-0.39, 0.29) is 17.8 Å². The number of amides is 1. The molecule has 1 amide bonds.